The fraction of sp³-hybridized carbons (Fsp3) is 0.269. The van der Waals surface area contributed by atoms with E-state index < -0.39 is 5.91 Å². The number of amides is 1. The molecular formula is C26H28FN7O. The molecular weight excluding hydrogens is 445 g/mol. The summed E-state index contributed by atoms with van der Waals surface area (Å²) in [5.41, 5.74) is 14.3. The second kappa shape index (κ2) is 9.71. The number of fused-ring (bicyclic) bond motifs is 1. The molecule has 6 N–H and O–H groups in total. The number of aromatic nitrogens is 3. The van der Waals surface area contributed by atoms with Crippen molar-refractivity contribution in [3.05, 3.63) is 77.9 Å². The molecule has 4 aromatic rings. The average Bonchev–Trinajstić information content (AvgIpc) is 3.26. The molecule has 1 fully saturated rings. The number of carbonyl (C=O) groups is 1. The summed E-state index contributed by atoms with van der Waals surface area (Å²) in [7, 11) is 0. The molecule has 2 aromatic heterocycles. The lowest BCUT2D eigenvalue weighted by Crippen LogP contribution is -2.43. The van der Waals surface area contributed by atoms with Gasteiger partial charge in [-0.25, -0.2) is 9.37 Å². The first-order valence-electron chi connectivity index (χ1n) is 11.8. The molecule has 1 amide bonds. The van der Waals surface area contributed by atoms with Crippen molar-refractivity contribution in [3.63, 3.8) is 0 Å². The molecule has 1 saturated carbocycles. The van der Waals surface area contributed by atoms with E-state index in [0.717, 1.165) is 42.3 Å². The molecule has 1 aliphatic rings. The molecule has 9 heteroatoms. The van der Waals surface area contributed by atoms with Crippen LogP contribution in [0.25, 0.3) is 10.9 Å². The van der Waals surface area contributed by atoms with E-state index in [1.165, 1.54) is 12.3 Å². The SMILES string of the molecule is NC(=O)c1cnc(N[C@@H]2CCCC[C@@H]2N)nc1Nc1cccc2c1ccn2Cc1ccccc1F. The highest BCUT2D eigenvalue weighted by Crippen LogP contribution is 2.29. The Morgan fingerprint density at radius 1 is 1.11 bits per heavy atom. The van der Waals surface area contributed by atoms with Gasteiger partial charge in [0.15, 0.2) is 0 Å². The third kappa shape index (κ3) is 4.81. The summed E-state index contributed by atoms with van der Waals surface area (Å²) in [6, 6.07) is 14.5. The summed E-state index contributed by atoms with van der Waals surface area (Å²) in [6.45, 7) is 0.398. The van der Waals surface area contributed by atoms with Crippen molar-refractivity contribution in [2.75, 3.05) is 10.6 Å². The Morgan fingerprint density at radius 3 is 2.74 bits per heavy atom. The highest BCUT2D eigenvalue weighted by atomic mass is 19.1. The molecule has 2 aromatic carbocycles. The van der Waals surface area contributed by atoms with Crippen LogP contribution in [0.4, 0.5) is 21.8 Å². The van der Waals surface area contributed by atoms with Gasteiger partial charge in [0.05, 0.1) is 12.1 Å². The van der Waals surface area contributed by atoms with Crippen molar-refractivity contribution in [2.24, 2.45) is 11.5 Å². The van der Waals surface area contributed by atoms with Crippen LogP contribution in [-0.4, -0.2) is 32.5 Å². The molecule has 0 aliphatic heterocycles. The van der Waals surface area contributed by atoms with E-state index in [4.69, 9.17) is 11.5 Å². The summed E-state index contributed by atoms with van der Waals surface area (Å²) < 4.78 is 16.2. The number of nitrogens with two attached hydrogens (primary N) is 2. The molecule has 2 heterocycles. The number of primary amides is 1. The normalized spacial score (nSPS) is 17.9. The fourth-order valence-corrected chi connectivity index (χ4v) is 4.64. The third-order valence-corrected chi connectivity index (χ3v) is 6.55. The number of anilines is 3. The quantitative estimate of drug-likeness (QED) is 0.320. The molecule has 180 valence electrons. The molecule has 0 radical (unpaired) electrons. The minimum absolute atomic E-state index is 0.0301. The van der Waals surface area contributed by atoms with Crippen LogP contribution in [0.3, 0.4) is 0 Å². The average molecular weight is 474 g/mol. The zero-order chi connectivity index (χ0) is 24.4. The Labute approximate surface area is 202 Å². The van der Waals surface area contributed by atoms with Gasteiger partial charge < -0.3 is 26.7 Å². The Hall–Kier alpha value is -3.98. The first kappa shape index (κ1) is 22.8. The second-order valence-electron chi connectivity index (χ2n) is 8.92. The Bertz CT molecular complexity index is 1370. The maximum atomic E-state index is 14.2. The predicted molar refractivity (Wildman–Crippen MR) is 135 cm³/mol. The van der Waals surface area contributed by atoms with E-state index in [9.17, 15) is 9.18 Å². The summed E-state index contributed by atoms with van der Waals surface area (Å²) >= 11 is 0. The van der Waals surface area contributed by atoms with Crippen molar-refractivity contribution >= 4 is 34.3 Å². The molecule has 0 saturated heterocycles. The zero-order valence-electron chi connectivity index (χ0n) is 19.2. The number of nitrogens with zero attached hydrogens (tertiary/aromatic N) is 3. The first-order valence-corrected chi connectivity index (χ1v) is 11.8. The number of nitrogens with one attached hydrogen (secondary N) is 2. The molecule has 0 spiro atoms. The van der Waals surface area contributed by atoms with Crippen LogP contribution < -0.4 is 22.1 Å². The molecule has 2 atom stereocenters. The number of rotatable bonds is 7. The van der Waals surface area contributed by atoms with E-state index in [2.05, 4.69) is 20.6 Å². The van der Waals surface area contributed by atoms with Crippen molar-refractivity contribution in [2.45, 2.75) is 44.3 Å². The van der Waals surface area contributed by atoms with Gasteiger partial charge in [0, 0.05) is 41.1 Å². The predicted octanol–water partition coefficient (Wildman–Crippen LogP) is 4.14. The molecule has 35 heavy (non-hydrogen) atoms. The Balaban J connectivity index is 1.45. The maximum Gasteiger partial charge on any atom is 0.254 e. The number of hydrogen-bond acceptors (Lipinski definition) is 6. The van der Waals surface area contributed by atoms with Crippen LogP contribution >= 0.6 is 0 Å². The van der Waals surface area contributed by atoms with Crippen LogP contribution in [0.2, 0.25) is 0 Å². The highest BCUT2D eigenvalue weighted by Gasteiger charge is 2.23. The number of halogens is 1. The minimum Gasteiger partial charge on any atom is -0.365 e. The molecule has 0 unspecified atom stereocenters. The third-order valence-electron chi connectivity index (χ3n) is 6.55. The van der Waals surface area contributed by atoms with Gasteiger partial charge in [-0.2, -0.15) is 4.98 Å². The molecule has 1 aliphatic carbocycles. The molecule has 8 nitrogen and oxygen atoms in total. The summed E-state index contributed by atoms with van der Waals surface area (Å²) in [4.78, 5) is 20.9. The minimum atomic E-state index is -0.627. The Kier molecular flexibility index (Phi) is 6.33. The van der Waals surface area contributed by atoms with Gasteiger partial charge in [-0.1, -0.05) is 37.1 Å². The van der Waals surface area contributed by atoms with Gasteiger partial charge in [0.2, 0.25) is 5.95 Å². The van der Waals surface area contributed by atoms with Gasteiger partial charge in [-0.05, 0) is 37.1 Å². The summed E-state index contributed by atoms with van der Waals surface area (Å²) in [5, 5.41) is 7.49. The van der Waals surface area contributed by atoms with E-state index in [1.807, 2.05) is 41.1 Å². The highest BCUT2D eigenvalue weighted by molar-refractivity contribution is 6.00. The summed E-state index contributed by atoms with van der Waals surface area (Å²) in [6.07, 6.45) is 7.45. The van der Waals surface area contributed by atoms with E-state index in [-0.39, 0.29) is 23.5 Å². The van der Waals surface area contributed by atoms with Crippen molar-refractivity contribution in [1.29, 1.82) is 0 Å². The largest absolute Gasteiger partial charge is 0.365 e. The van der Waals surface area contributed by atoms with E-state index in [0.29, 0.717) is 23.9 Å². The maximum absolute atomic E-state index is 14.2. The van der Waals surface area contributed by atoms with Crippen LogP contribution in [0.5, 0.6) is 0 Å². The van der Waals surface area contributed by atoms with Crippen LogP contribution in [0.15, 0.2) is 60.9 Å². The second-order valence-corrected chi connectivity index (χ2v) is 8.92. The molecule has 5 rings (SSSR count). The van der Waals surface area contributed by atoms with E-state index >= 15 is 0 Å². The van der Waals surface area contributed by atoms with Crippen molar-refractivity contribution in [3.8, 4) is 0 Å². The van der Waals surface area contributed by atoms with Crippen LogP contribution in [0, 0.1) is 5.82 Å². The van der Waals surface area contributed by atoms with Crippen LogP contribution in [-0.2, 0) is 6.54 Å². The number of benzene rings is 2. The van der Waals surface area contributed by atoms with Crippen molar-refractivity contribution in [1.82, 2.24) is 14.5 Å². The smallest absolute Gasteiger partial charge is 0.254 e. The number of carbonyl (C=O) groups excluding carboxylic acids is 1. The van der Waals surface area contributed by atoms with Gasteiger partial charge >= 0.3 is 0 Å². The summed E-state index contributed by atoms with van der Waals surface area (Å²) in [5.74, 6) is -0.163. The molecule has 0 bridgehead atoms. The Morgan fingerprint density at radius 2 is 1.94 bits per heavy atom. The van der Waals surface area contributed by atoms with Gasteiger partial charge in [0.25, 0.3) is 5.91 Å². The first-order chi connectivity index (χ1) is 17.0. The monoisotopic (exact) mass is 473 g/mol. The lowest BCUT2D eigenvalue weighted by molar-refractivity contribution is 0.100. The van der Waals surface area contributed by atoms with Gasteiger partial charge in [-0.15, -0.1) is 0 Å². The number of hydrogen-bond donors (Lipinski definition) is 4. The lowest BCUT2D eigenvalue weighted by atomic mass is 9.91. The fourth-order valence-electron chi connectivity index (χ4n) is 4.64. The van der Waals surface area contributed by atoms with Crippen molar-refractivity contribution < 1.29 is 9.18 Å². The van der Waals surface area contributed by atoms with Gasteiger partial charge in [-0.3, -0.25) is 4.79 Å². The zero-order valence-corrected chi connectivity index (χ0v) is 19.2. The standard InChI is InChI=1S/C26H28FN7O/c27-19-7-2-1-6-16(19)15-34-13-12-17-21(10-5-11-23(17)34)31-25-18(24(29)35)14-30-26(33-25)32-22-9-4-3-8-20(22)28/h1-2,5-7,10-14,20,22H,3-4,8-9,15,28H2,(H2,29,35)(H2,30,31,32,33)/t20-,22+/m0/s1. The van der Waals surface area contributed by atoms with E-state index in [1.54, 1.807) is 12.1 Å². The topological polar surface area (TPSA) is 124 Å². The van der Waals surface area contributed by atoms with Gasteiger partial charge in [0.1, 0.15) is 17.2 Å². The lowest BCUT2D eigenvalue weighted by Gasteiger charge is -2.29. The van der Waals surface area contributed by atoms with Crippen LogP contribution in [0.1, 0.15) is 41.6 Å².